The van der Waals surface area contributed by atoms with Crippen LogP contribution in [0.25, 0.3) is 0 Å². The summed E-state index contributed by atoms with van der Waals surface area (Å²) in [6.07, 6.45) is 3.27. The van der Waals surface area contributed by atoms with Crippen molar-refractivity contribution in [2.24, 2.45) is 5.73 Å². The summed E-state index contributed by atoms with van der Waals surface area (Å²) in [5, 5.41) is 9.42. The van der Waals surface area contributed by atoms with Crippen LogP contribution in [0.4, 0.5) is 0 Å². The maximum Gasteiger partial charge on any atom is 0.0527 e. The predicted molar refractivity (Wildman–Crippen MR) is 66.5 cm³/mol. The van der Waals surface area contributed by atoms with E-state index in [1.165, 1.54) is 11.1 Å². The van der Waals surface area contributed by atoms with Crippen LogP contribution in [0, 0.1) is 0 Å². The first kappa shape index (κ1) is 11.6. The third-order valence-electron chi connectivity index (χ3n) is 3.82. The Morgan fingerprint density at radius 3 is 2.75 bits per heavy atom. The van der Waals surface area contributed by atoms with Crippen LogP contribution in [-0.4, -0.2) is 18.3 Å². The molecule has 1 aromatic rings. The molecule has 1 aliphatic carbocycles. The Kier molecular flexibility index (Phi) is 3.31. The molecule has 0 spiro atoms. The normalized spacial score (nSPS) is 19.4. The molecule has 3 N–H and O–H groups in total. The first-order valence-electron chi connectivity index (χ1n) is 6.13. The summed E-state index contributed by atoms with van der Waals surface area (Å²) in [7, 11) is 0. The second-order valence-electron chi connectivity index (χ2n) is 5.04. The van der Waals surface area contributed by atoms with Crippen LogP contribution < -0.4 is 5.73 Å². The highest BCUT2D eigenvalue weighted by molar-refractivity contribution is 5.36. The van der Waals surface area contributed by atoms with Crippen LogP contribution in [-0.2, 0) is 5.41 Å². The number of hydrogen-bond donors (Lipinski definition) is 2. The lowest BCUT2D eigenvalue weighted by Crippen LogP contribution is -2.12. The Balaban J connectivity index is 2.20. The van der Waals surface area contributed by atoms with Crippen LogP contribution in [0.1, 0.15) is 43.2 Å². The minimum atomic E-state index is 0.0818. The van der Waals surface area contributed by atoms with Gasteiger partial charge in [-0.3, -0.25) is 0 Å². The summed E-state index contributed by atoms with van der Waals surface area (Å²) in [4.78, 5) is 0. The summed E-state index contributed by atoms with van der Waals surface area (Å²) in [5.74, 6) is 0.513. The quantitative estimate of drug-likeness (QED) is 0.797. The van der Waals surface area contributed by atoms with E-state index in [0.29, 0.717) is 5.92 Å². The predicted octanol–water partition coefficient (Wildman–Crippen LogP) is 2.16. The zero-order valence-corrected chi connectivity index (χ0v) is 9.95. The lowest BCUT2D eigenvalue weighted by molar-refractivity contribution is 0.255. The molecule has 0 saturated heterocycles. The number of aliphatic hydroxyl groups excluding tert-OH is 1. The van der Waals surface area contributed by atoms with Gasteiger partial charge in [-0.1, -0.05) is 31.2 Å². The maximum absolute atomic E-state index is 9.42. The minimum absolute atomic E-state index is 0.0818. The number of aliphatic hydroxyl groups is 1. The molecule has 0 heterocycles. The van der Waals surface area contributed by atoms with E-state index in [4.69, 9.17) is 5.73 Å². The molecule has 2 heteroatoms. The van der Waals surface area contributed by atoms with Gasteiger partial charge in [-0.05, 0) is 42.9 Å². The fourth-order valence-corrected chi connectivity index (χ4v) is 2.28. The average molecular weight is 219 g/mol. The SMILES string of the molecule is CC(CCN)c1cccc(C2(CO)CC2)c1. The fraction of sp³-hybridized carbons (Fsp3) is 0.571. The van der Waals surface area contributed by atoms with Gasteiger partial charge in [0.15, 0.2) is 0 Å². The number of rotatable bonds is 5. The molecule has 1 aromatic carbocycles. The van der Waals surface area contributed by atoms with Gasteiger partial charge in [0.2, 0.25) is 0 Å². The van der Waals surface area contributed by atoms with Crippen molar-refractivity contribution in [3.63, 3.8) is 0 Å². The van der Waals surface area contributed by atoms with Gasteiger partial charge < -0.3 is 10.8 Å². The van der Waals surface area contributed by atoms with Crippen molar-refractivity contribution < 1.29 is 5.11 Å². The maximum atomic E-state index is 9.42. The van der Waals surface area contributed by atoms with E-state index < -0.39 is 0 Å². The van der Waals surface area contributed by atoms with Gasteiger partial charge in [0.1, 0.15) is 0 Å². The summed E-state index contributed by atoms with van der Waals surface area (Å²) >= 11 is 0. The van der Waals surface area contributed by atoms with E-state index in [9.17, 15) is 5.11 Å². The molecule has 0 aliphatic heterocycles. The van der Waals surface area contributed by atoms with E-state index in [1.807, 2.05) is 0 Å². The van der Waals surface area contributed by atoms with Crippen LogP contribution in [0.15, 0.2) is 24.3 Å². The molecule has 0 radical (unpaired) electrons. The summed E-state index contributed by atoms with van der Waals surface area (Å²) in [6, 6.07) is 8.66. The van der Waals surface area contributed by atoms with Crippen LogP contribution in [0.3, 0.4) is 0 Å². The Labute approximate surface area is 97.5 Å². The van der Waals surface area contributed by atoms with Crippen LogP contribution >= 0.6 is 0 Å². The van der Waals surface area contributed by atoms with Gasteiger partial charge in [0.25, 0.3) is 0 Å². The number of benzene rings is 1. The Morgan fingerprint density at radius 2 is 2.19 bits per heavy atom. The molecular weight excluding hydrogens is 198 g/mol. The van der Waals surface area contributed by atoms with Crippen molar-refractivity contribution in [3.05, 3.63) is 35.4 Å². The molecule has 2 rings (SSSR count). The van der Waals surface area contributed by atoms with Crippen molar-refractivity contribution in [2.45, 2.75) is 37.5 Å². The molecule has 1 unspecified atom stereocenters. The van der Waals surface area contributed by atoms with Crippen molar-refractivity contribution in [2.75, 3.05) is 13.2 Å². The van der Waals surface area contributed by atoms with Gasteiger partial charge in [-0.25, -0.2) is 0 Å². The smallest absolute Gasteiger partial charge is 0.0527 e. The van der Waals surface area contributed by atoms with E-state index in [0.717, 1.165) is 25.8 Å². The van der Waals surface area contributed by atoms with Gasteiger partial charge in [0, 0.05) is 5.41 Å². The molecule has 1 fully saturated rings. The molecule has 0 bridgehead atoms. The standard InChI is InChI=1S/C14H21NO/c1-11(5-8-15)12-3-2-4-13(9-12)14(10-16)6-7-14/h2-4,9,11,16H,5-8,10,15H2,1H3. The largest absolute Gasteiger partial charge is 0.395 e. The molecule has 2 nitrogen and oxygen atoms in total. The molecular formula is C14H21NO. The highest BCUT2D eigenvalue weighted by Gasteiger charge is 2.43. The molecule has 0 amide bonds. The van der Waals surface area contributed by atoms with Gasteiger partial charge in [-0.15, -0.1) is 0 Å². The van der Waals surface area contributed by atoms with E-state index in [-0.39, 0.29) is 12.0 Å². The van der Waals surface area contributed by atoms with E-state index in [1.54, 1.807) is 0 Å². The lowest BCUT2D eigenvalue weighted by atomic mass is 9.90. The fourth-order valence-electron chi connectivity index (χ4n) is 2.28. The third kappa shape index (κ3) is 2.13. The van der Waals surface area contributed by atoms with Crippen LogP contribution in [0.2, 0.25) is 0 Å². The summed E-state index contributed by atoms with van der Waals surface area (Å²) in [6.45, 7) is 3.22. The van der Waals surface area contributed by atoms with Crippen molar-refractivity contribution in [3.8, 4) is 0 Å². The first-order chi connectivity index (χ1) is 7.72. The Bertz CT molecular complexity index is 358. The van der Waals surface area contributed by atoms with Gasteiger partial charge in [0.05, 0.1) is 6.61 Å². The second-order valence-corrected chi connectivity index (χ2v) is 5.04. The highest BCUT2D eigenvalue weighted by Crippen LogP contribution is 2.48. The lowest BCUT2D eigenvalue weighted by Gasteiger charge is -2.16. The Hall–Kier alpha value is -0.860. The first-order valence-corrected chi connectivity index (χ1v) is 6.13. The number of nitrogens with two attached hydrogens (primary N) is 1. The van der Waals surface area contributed by atoms with E-state index >= 15 is 0 Å². The van der Waals surface area contributed by atoms with Crippen molar-refractivity contribution in [1.82, 2.24) is 0 Å². The van der Waals surface area contributed by atoms with Gasteiger partial charge in [-0.2, -0.15) is 0 Å². The highest BCUT2D eigenvalue weighted by atomic mass is 16.3. The minimum Gasteiger partial charge on any atom is -0.395 e. The molecule has 16 heavy (non-hydrogen) atoms. The van der Waals surface area contributed by atoms with Gasteiger partial charge >= 0.3 is 0 Å². The Morgan fingerprint density at radius 1 is 1.44 bits per heavy atom. The monoisotopic (exact) mass is 219 g/mol. The topological polar surface area (TPSA) is 46.2 Å². The molecule has 0 aromatic heterocycles. The summed E-state index contributed by atoms with van der Waals surface area (Å²) < 4.78 is 0. The van der Waals surface area contributed by atoms with E-state index in [2.05, 4.69) is 31.2 Å². The van der Waals surface area contributed by atoms with Crippen molar-refractivity contribution in [1.29, 1.82) is 0 Å². The van der Waals surface area contributed by atoms with Crippen LogP contribution in [0.5, 0.6) is 0 Å². The molecule has 1 saturated carbocycles. The van der Waals surface area contributed by atoms with Crippen molar-refractivity contribution >= 4 is 0 Å². The molecule has 1 atom stereocenters. The number of hydrogen-bond acceptors (Lipinski definition) is 2. The molecule has 1 aliphatic rings. The average Bonchev–Trinajstić information content (AvgIpc) is 3.10. The second kappa shape index (κ2) is 4.56. The zero-order chi connectivity index (χ0) is 11.6. The molecule has 88 valence electrons. The summed E-state index contributed by atoms with van der Waals surface area (Å²) in [5.41, 5.74) is 8.32. The third-order valence-corrected chi connectivity index (χ3v) is 3.82. The zero-order valence-electron chi connectivity index (χ0n) is 9.95.